The second-order valence-corrected chi connectivity index (χ2v) is 5.31. The molecule has 0 spiro atoms. The van der Waals surface area contributed by atoms with E-state index in [9.17, 15) is 4.79 Å². The Labute approximate surface area is 119 Å². The molecule has 1 N–H and O–H groups in total. The maximum absolute atomic E-state index is 11.1. The summed E-state index contributed by atoms with van der Waals surface area (Å²) in [5.74, 6) is 0.0302. The number of anilines is 1. The van der Waals surface area contributed by atoms with Crippen LogP contribution in [0, 0.1) is 0 Å². The first-order valence-corrected chi connectivity index (χ1v) is 7.18. The van der Waals surface area contributed by atoms with Crippen LogP contribution in [-0.2, 0) is 4.79 Å². The fourth-order valence-electron chi connectivity index (χ4n) is 2.69. The average molecular weight is 272 g/mol. The normalized spacial score (nSPS) is 20.5. The molecule has 1 aromatic rings. The van der Waals surface area contributed by atoms with Crippen molar-refractivity contribution in [2.75, 3.05) is 37.6 Å². The monoisotopic (exact) mass is 272 g/mol. The van der Waals surface area contributed by atoms with Crippen molar-refractivity contribution in [2.24, 2.45) is 5.10 Å². The van der Waals surface area contributed by atoms with Crippen LogP contribution in [0.4, 0.5) is 5.69 Å². The van der Waals surface area contributed by atoms with Gasteiger partial charge < -0.3 is 4.90 Å². The number of para-hydroxylation sites is 1. The molecule has 1 fully saturated rings. The molecule has 0 saturated carbocycles. The summed E-state index contributed by atoms with van der Waals surface area (Å²) in [6.07, 6.45) is 1.37. The summed E-state index contributed by atoms with van der Waals surface area (Å²) in [5.41, 5.74) is 4.96. The first-order chi connectivity index (χ1) is 9.81. The van der Waals surface area contributed by atoms with Gasteiger partial charge in [0.1, 0.15) is 0 Å². The number of carbonyl (C=O) groups is 1. The van der Waals surface area contributed by atoms with Gasteiger partial charge in [0, 0.05) is 44.8 Å². The molecule has 0 atom stereocenters. The van der Waals surface area contributed by atoms with Gasteiger partial charge in [-0.2, -0.15) is 5.10 Å². The standard InChI is InChI=1S/C15H20N4O/c20-15-7-6-13(16-17-15)12-18-8-10-19(11-9-18)14-4-2-1-3-5-14/h1-5H,6-12H2,(H,17,20). The molecule has 0 aliphatic carbocycles. The zero-order chi connectivity index (χ0) is 13.8. The summed E-state index contributed by atoms with van der Waals surface area (Å²) in [4.78, 5) is 15.9. The van der Waals surface area contributed by atoms with E-state index >= 15 is 0 Å². The maximum atomic E-state index is 11.1. The fraction of sp³-hybridized carbons (Fsp3) is 0.467. The van der Waals surface area contributed by atoms with Crippen LogP contribution in [0.3, 0.4) is 0 Å². The molecule has 5 heteroatoms. The van der Waals surface area contributed by atoms with Crippen molar-refractivity contribution in [3.63, 3.8) is 0 Å². The highest BCUT2D eigenvalue weighted by Gasteiger charge is 2.20. The van der Waals surface area contributed by atoms with Gasteiger partial charge in [-0.3, -0.25) is 9.69 Å². The molecule has 1 aromatic carbocycles. The van der Waals surface area contributed by atoms with E-state index in [0.29, 0.717) is 6.42 Å². The van der Waals surface area contributed by atoms with Crippen LogP contribution < -0.4 is 10.3 Å². The Balaban J connectivity index is 1.50. The number of carbonyl (C=O) groups excluding carboxylic acids is 1. The molecule has 2 heterocycles. The lowest BCUT2D eigenvalue weighted by molar-refractivity contribution is -0.121. The quantitative estimate of drug-likeness (QED) is 0.895. The van der Waals surface area contributed by atoms with E-state index < -0.39 is 0 Å². The predicted octanol–water partition coefficient (Wildman–Crippen LogP) is 1.07. The van der Waals surface area contributed by atoms with Gasteiger partial charge in [0.05, 0.1) is 5.71 Å². The molecule has 0 aromatic heterocycles. The molecule has 1 amide bonds. The molecular weight excluding hydrogens is 252 g/mol. The fourth-order valence-corrected chi connectivity index (χ4v) is 2.69. The smallest absolute Gasteiger partial charge is 0.240 e. The third kappa shape index (κ3) is 3.17. The highest BCUT2D eigenvalue weighted by atomic mass is 16.2. The molecule has 5 nitrogen and oxygen atoms in total. The number of benzene rings is 1. The van der Waals surface area contributed by atoms with Gasteiger partial charge in [-0.15, -0.1) is 0 Å². The van der Waals surface area contributed by atoms with Gasteiger partial charge >= 0.3 is 0 Å². The zero-order valence-corrected chi connectivity index (χ0v) is 11.6. The van der Waals surface area contributed by atoms with Gasteiger partial charge in [0.2, 0.25) is 5.91 Å². The number of hydrogen-bond donors (Lipinski definition) is 1. The summed E-state index contributed by atoms with van der Waals surface area (Å²) < 4.78 is 0. The van der Waals surface area contributed by atoms with Crippen molar-refractivity contribution in [1.29, 1.82) is 0 Å². The first kappa shape index (κ1) is 13.1. The average Bonchev–Trinajstić information content (AvgIpc) is 2.51. The molecule has 1 saturated heterocycles. The van der Waals surface area contributed by atoms with E-state index in [1.165, 1.54) is 5.69 Å². The van der Waals surface area contributed by atoms with E-state index in [1.54, 1.807) is 0 Å². The van der Waals surface area contributed by atoms with Crippen molar-refractivity contribution in [3.05, 3.63) is 30.3 Å². The number of hydrazone groups is 1. The number of hydrogen-bond acceptors (Lipinski definition) is 4. The SMILES string of the molecule is O=C1CCC(CN2CCN(c3ccccc3)CC2)=NN1. The maximum Gasteiger partial charge on any atom is 0.240 e. The highest BCUT2D eigenvalue weighted by Crippen LogP contribution is 2.15. The van der Waals surface area contributed by atoms with E-state index in [4.69, 9.17) is 0 Å². The van der Waals surface area contributed by atoms with E-state index in [2.05, 4.69) is 50.7 Å². The van der Waals surface area contributed by atoms with Crippen LogP contribution in [-0.4, -0.2) is 49.2 Å². The summed E-state index contributed by atoms with van der Waals surface area (Å²) in [6, 6.07) is 10.5. The third-order valence-corrected chi connectivity index (χ3v) is 3.88. The number of rotatable bonds is 3. The Morgan fingerprint density at radius 1 is 1.05 bits per heavy atom. The van der Waals surface area contributed by atoms with E-state index in [-0.39, 0.29) is 5.91 Å². The van der Waals surface area contributed by atoms with E-state index in [1.807, 2.05) is 0 Å². The molecule has 0 unspecified atom stereocenters. The minimum Gasteiger partial charge on any atom is -0.369 e. The lowest BCUT2D eigenvalue weighted by Gasteiger charge is -2.36. The number of piperazine rings is 1. The minimum atomic E-state index is 0.0302. The zero-order valence-electron chi connectivity index (χ0n) is 11.6. The van der Waals surface area contributed by atoms with Crippen LogP contribution in [0.5, 0.6) is 0 Å². The number of nitrogens with zero attached hydrogens (tertiary/aromatic N) is 3. The molecule has 2 aliphatic heterocycles. The first-order valence-electron chi connectivity index (χ1n) is 7.18. The highest BCUT2D eigenvalue weighted by molar-refractivity contribution is 5.93. The van der Waals surface area contributed by atoms with Crippen LogP contribution in [0.2, 0.25) is 0 Å². The van der Waals surface area contributed by atoms with Gasteiger partial charge in [0.15, 0.2) is 0 Å². The van der Waals surface area contributed by atoms with Crippen molar-refractivity contribution in [3.8, 4) is 0 Å². The van der Waals surface area contributed by atoms with Crippen LogP contribution in [0.25, 0.3) is 0 Å². The van der Waals surface area contributed by atoms with Crippen molar-refractivity contribution in [2.45, 2.75) is 12.8 Å². The van der Waals surface area contributed by atoms with E-state index in [0.717, 1.165) is 44.9 Å². The molecular formula is C15H20N4O. The van der Waals surface area contributed by atoms with Gasteiger partial charge in [0.25, 0.3) is 0 Å². The molecule has 3 rings (SSSR count). The second-order valence-electron chi connectivity index (χ2n) is 5.31. The largest absolute Gasteiger partial charge is 0.369 e. The second kappa shape index (κ2) is 6.05. The van der Waals surface area contributed by atoms with Gasteiger partial charge in [-0.1, -0.05) is 18.2 Å². The van der Waals surface area contributed by atoms with Crippen molar-refractivity contribution in [1.82, 2.24) is 10.3 Å². The van der Waals surface area contributed by atoms with Crippen molar-refractivity contribution < 1.29 is 4.79 Å². The molecule has 20 heavy (non-hydrogen) atoms. The summed E-state index contributed by atoms with van der Waals surface area (Å²) in [6.45, 7) is 5.06. The predicted molar refractivity (Wildman–Crippen MR) is 79.9 cm³/mol. The number of nitrogens with one attached hydrogen (secondary N) is 1. The van der Waals surface area contributed by atoms with Crippen molar-refractivity contribution >= 4 is 17.3 Å². The lowest BCUT2D eigenvalue weighted by Crippen LogP contribution is -2.48. The Bertz CT molecular complexity index is 492. The molecule has 106 valence electrons. The third-order valence-electron chi connectivity index (χ3n) is 3.88. The Kier molecular flexibility index (Phi) is 3.97. The Hall–Kier alpha value is -1.88. The molecule has 2 aliphatic rings. The molecule has 0 radical (unpaired) electrons. The summed E-state index contributed by atoms with van der Waals surface area (Å²) in [5, 5.41) is 4.14. The topological polar surface area (TPSA) is 47.9 Å². The van der Waals surface area contributed by atoms with Gasteiger partial charge in [-0.05, 0) is 18.6 Å². The Morgan fingerprint density at radius 3 is 2.45 bits per heavy atom. The van der Waals surface area contributed by atoms with Crippen LogP contribution in [0.1, 0.15) is 12.8 Å². The lowest BCUT2D eigenvalue weighted by atomic mass is 10.1. The molecule has 0 bridgehead atoms. The van der Waals surface area contributed by atoms with Crippen LogP contribution >= 0.6 is 0 Å². The summed E-state index contributed by atoms with van der Waals surface area (Å²) in [7, 11) is 0. The minimum absolute atomic E-state index is 0.0302. The number of amides is 1. The van der Waals surface area contributed by atoms with Gasteiger partial charge in [-0.25, -0.2) is 5.43 Å². The van der Waals surface area contributed by atoms with Crippen LogP contribution in [0.15, 0.2) is 35.4 Å². The summed E-state index contributed by atoms with van der Waals surface area (Å²) >= 11 is 0. The Morgan fingerprint density at radius 2 is 1.80 bits per heavy atom.